The summed E-state index contributed by atoms with van der Waals surface area (Å²) in [5.74, 6) is 0.349. The molecule has 0 spiro atoms. The highest BCUT2D eigenvalue weighted by Crippen LogP contribution is 2.26. The van der Waals surface area contributed by atoms with Crippen LogP contribution in [0.5, 0.6) is 0 Å². The molecule has 3 aromatic rings. The molecular formula is C16H15ClFN3. The highest BCUT2D eigenvalue weighted by atomic mass is 35.5. The summed E-state index contributed by atoms with van der Waals surface area (Å²) in [6, 6.07) is 12.4. The van der Waals surface area contributed by atoms with Crippen LogP contribution in [0.15, 0.2) is 42.5 Å². The van der Waals surface area contributed by atoms with Crippen molar-refractivity contribution in [1.82, 2.24) is 9.97 Å². The maximum Gasteiger partial charge on any atom is 0.127 e. The number of H-pyrrole nitrogens is 1. The van der Waals surface area contributed by atoms with E-state index in [-0.39, 0.29) is 11.7 Å². The number of nitrogens with two attached hydrogens (primary N) is 1. The average Bonchev–Trinajstić information content (AvgIpc) is 2.90. The van der Waals surface area contributed by atoms with Crippen LogP contribution in [0, 0.1) is 5.82 Å². The molecule has 1 heterocycles. The van der Waals surface area contributed by atoms with Crippen LogP contribution in [0.25, 0.3) is 11.0 Å². The van der Waals surface area contributed by atoms with Crippen molar-refractivity contribution < 1.29 is 4.39 Å². The Labute approximate surface area is 127 Å². The van der Waals surface area contributed by atoms with Crippen LogP contribution >= 0.6 is 11.6 Å². The minimum absolute atomic E-state index is 0.105. The van der Waals surface area contributed by atoms with Crippen LogP contribution < -0.4 is 5.73 Å². The molecule has 0 amide bonds. The summed E-state index contributed by atoms with van der Waals surface area (Å²) in [7, 11) is 0. The van der Waals surface area contributed by atoms with Gasteiger partial charge in [0.1, 0.15) is 11.6 Å². The second kappa shape index (κ2) is 5.84. The lowest BCUT2D eigenvalue weighted by Crippen LogP contribution is -2.17. The summed E-state index contributed by atoms with van der Waals surface area (Å²) in [5.41, 5.74) is 8.16. The molecule has 0 aliphatic heterocycles. The molecule has 0 radical (unpaired) electrons. The minimum Gasteiger partial charge on any atom is -0.342 e. The number of imidazole rings is 1. The number of fused-ring (bicyclic) bond motifs is 1. The number of halogens is 2. The van der Waals surface area contributed by atoms with Gasteiger partial charge in [0.2, 0.25) is 0 Å². The van der Waals surface area contributed by atoms with Gasteiger partial charge in [0.25, 0.3) is 0 Å². The first-order valence-corrected chi connectivity index (χ1v) is 7.14. The summed E-state index contributed by atoms with van der Waals surface area (Å²) < 4.78 is 13.9. The number of nitrogens with zero attached hydrogens (tertiary/aromatic N) is 1. The Bertz CT molecular complexity index is 716. The van der Waals surface area contributed by atoms with Crippen LogP contribution in [-0.2, 0) is 6.42 Å². The number of aromatic amines is 1. The van der Waals surface area contributed by atoms with Crippen molar-refractivity contribution in [2.75, 3.05) is 6.54 Å². The standard InChI is InChI=1S/C16H15ClFN3/c17-12-4-3-5-13(18)11(12)8-10(9-19)16-20-14-6-1-2-7-15(14)21-16/h1-7,10H,8-9,19H2,(H,20,21). The van der Waals surface area contributed by atoms with E-state index in [0.29, 0.717) is 23.6 Å². The van der Waals surface area contributed by atoms with E-state index >= 15 is 0 Å². The normalized spacial score (nSPS) is 12.7. The molecular weight excluding hydrogens is 289 g/mol. The Morgan fingerprint density at radius 3 is 2.71 bits per heavy atom. The summed E-state index contributed by atoms with van der Waals surface area (Å²) >= 11 is 6.09. The number of nitrogens with one attached hydrogen (secondary N) is 1. The summed E-state index contributed by atoms with van der Waals surface area (Å²) in [5, 5.41) is 0.421. The quantitative estimate of drug-likeness (QED) is 0.773. The summed E-state index contributed by atoms with van der Waals surface area (Å²) in [4.78, 5) is 7.79. The molecule has 3 N–H and O–H groups in total. The van der Waals surface area contributed by atoms with Gasteiger partial charge in [-0.1, -0.05) is 29.8 Å². The maximum absolute atomic E-state index is 13.9. The number of hydrogen-bond acceptors (Lipinski definition) is 2. The van der Waals surface area contributed by atoms with Gasteiger partial charge in [-0.3, -0.25) is 0 Å². The molecule has 0 bridgehead atoms. The maximum atomic E-state index is 13.9. The smallest absolute Gasteiger partial charge is 0.127 e. The fraction of sp³-hybridized carbons (Fsp3) is 0.188. The molecule has 5 heteroatoms. The van der Waals surface area contributed by atoms with Crippen molar-refractivity contribution in [2.24, 2.45) is 5.73 Å². The molecule has 0 saturated heterocycles. The SMILES string of the molecule is NCC(Cc1c(F)cccc1Cl)c1nc2ccccc2[nH]1. The predicted molar refractivity (Wildman–Crippen MR) is 83.0 cm³/mol. The van der Waals surface area contributed by atoms with Crippen molar-refractivity contribution in [2.45, 2.75) is 12.3 Å². The highest BCUT2D eigenvalue weighted by Gasteiger charge is 2.18. The molecule has 1 atom stereocenters. The molecule has 2 aromatic carbocycles. The number of hydrogen-bond donors (Lipinski definition) is 2. The van der Waals surface area contributed by atoms with Crippen molar-refractivity contribution in [1.29, 1.82) is 0 Å². The molecule has 1 unspecified atom stereocenters. The van der Waals surface area contributed by atoms with E-state index in [9.17, 15) is 4.39 Å². The Kier molecular flexibility index (Phi) is 3.90. The van der Waals surface area contributed by atoms with Gasteiger partial charge in [-0.05, 0) is 30.7 Å². The zero-order chi connectivity index (χ0) is 14.8. The van der Waals surface area contributed by atoms with Gasteiger partial charge in [-0.2, -0.15) is 0 Å². The van der Waals surface area contributed by atoms with E-state index in [2.05, 4.69) is 9.97 Å². The zero-order valence-corrected chi connectivity index (χ0v) is 12.1. The monoisotopic (exact) mass is 303 g/mol. The van der Waals surface area contributed by atoms with Gasteiger partial charge < -0.3 is 10.7 Å². The molecule has 3 nitrogen and oxygen atoms in total. The largest absolute Gasteiger partial charge is 0.342 e. The Morgan fingerprint density at radius 2 is 2.00 bits per heavy atom. The third-order valence-corrected chi connectivity index (χ3v) is 3.95. The van der Waals surface area contributed by atoms with E-state index in [1.165, 1.54) is 6.07 Å². The summed E-state index contributed by atoms with van der Waals surface area (Å²) in [6.07, 6.45) is 0.418. The van der Waals surface area contributed by atoms with Crippen LogP contribution in [0.3, 0.4) is 0 Å². The first kappa shape index (κ1) is 14.0. The summed E-state index contributed by atoms with van der Waals surface area (Å²) in [6.45, 7) is 0.366. The van der Waals surface area contributed by atoms with Gasteiger partial charge in [-0.25, -0.2) is 9.37 Å². The van der Waals surface area contributed by atoms with Crippen LogP contribution in [-0.4, -0.2) is 16.5 Å². The average molecular weight is 304 g/mol. The molecule has 0 aliphatic rings. The van der Waals surface area contributed by atoms with Crippen molar-refractivity contribution in [3.05, 3.63) is 64.7 Å². The van der Waals surface area contributed by atoms with Crippen molar-refractivity contribution in [3.63, 3.8) is 0 Å². The van der Waals surface area contributed by atoms with E-state index in [1.807, 2.05) is 24.3 Å². The van der Waals surface area contributed by atoms with Gasteiger partial charge in [0.15, 0.2) is 0 Å². The van der Waals surface area contributed by atoms with E-state index < -0.39 is 0 Å². The van der Waals surface area contributed by atoms with Gasteiger partial charge in [0.05, 0.1) is 11.0 Å². The third-order valence-electron chi connectivity index (χ3n) is 3.59. The molecule has 0 fully saturated rings. The molecule has 0 aliphatic carbocycles. The first-order chi connectivity index (χ1) is 10.2. The number of benzene rings is 2. The fourth-order valence-corrected chi connectivity index (χ4v) is 2.67. The van der Waals surface area contributed by atoms with Crippen LogP contribution in [0.2, 0.25) is 5.02 Å². The van der Waals surface area contributed by atoms with E-state index in [1.54, 1.807) is 12.1 Å². The second-order valence-corrected chi connectivity index (χ2v) is 5.38. The molecule has 108 valence electrons. The Hall–Kier alpha value is -1.91. The number of para-hydroxylation sites is 2. The predicted octanol–water partition coefficient (Wildman–Crippen LogP) is 3.64. The van der Waals surface area contributed by atoms with Crippen LogP contribution in [0.1, 0.15) is 17.3 Å². The minimum atomic E-state index is -0.308. The molecule has 1 aromatic heterocycles. The lowest BCUT2D eigenvalue weighted by atomic mass is 9.98. The fourth-order valence-electron chi connectivity index (χ4n) is 2.43. The van der Waals surface area contributed by atoms with Crippen LogP contribution in [0.4, 0.5) is 4.39 Å². The highest BCUT2D eigenvalue weighted by molar-refractivity contribution is 6.31. The van der Waals surface area contributed by atoms with Gasteiger partial charge in [0, 0.05) is 23.0 Å². The zero-order valence-electron chi connectivity index (χ0n) is 11.3. The Balaban J connectivity index is 1.95. The third kappa shape index (κ3) is 2.77. The topological polar surface area (TPSA) is 54.7 Å². The van der Waals surface area contributed by atoms with Gasteiger partial charge in [-0.15, -0.1) is 0 Å². The first-order valence-electron chi connectivity index (χ1n) is 6.76. The number of aromatic nitrogens is 2. The van der Waals surface area contributed by atoms with Crippen molar-refractivity contribution in [3.8, 4) is 0 Å². The number of rotatable bonds is 4. The molecule has 3 rings (SSSR count). The Morgan fingerprint density at radius 1 is 1.19 bits per heavy atom. The lowest BCUT2D eigenvalue weighted by molar-refractivity contribution is 0.583. The molecule has 0 saturated carbocycles. The van der Waals surface area contributed by atoms with E-state index in [0.717, 1.165) is 16.9 Å². The second-order valence-electron chi connectivity index (χ2n) is 4.98. The van der Waals surface area contributed by atoms with Gasteiger partial charge >= 0.3 is 0 Å². The lowest BCUT2D eigenvalue weighted by Gasteiger charge is -2.13. The molecule has 21 heavy (non-hydrogen) atoms. The van der Waals surface area contributed by atoms with Crippen molar-refractivity contribution >= 4 is 22.6 Å². The van der Waals surface area contributed by atoms with E-state index in [4.69, 9.17) is 17.3 Å².